The summed E-state index contributed by atoms with van der Waals surface area (Å²) in [4.78, 5) is 0. The highest BCUT2D eigenvalue weighted by atomic mass is 14.7. The van der Waals surface area contributed by atoms with E-state index in [0.717, 1.165) is 11.1 Å². The van der Waals surface area contributed by atoms with Gasteiger partial charge < -0.3 is 17.2 Å². The van der Waals surface area contributed by atoms with Gasteiger partial charge in [0.1, 0.15) is 0 Å². The van der Waals surface area contributed by atoms with Gasteiger partial charge >= 0.3 is 0 Å². The van der Waals surface area contributed by atoms with E-state index in [1.165, 1.54) is 0 Å². The molecular formula is C15H17N3. The second-order valence-electron chi connectivity index (χ2n) is 4.32. The molecule has 0 spiro atoms. The molecule has 0 aromatic heterocycles. The van der Waals surface area contributed by atoms with Crippen molar-refractivity contribution in [3.63, 3.8) is 0 Å². The van der Waals surface area contributed by atoms with Crippen LogP contribution in [0.25, 0.3) is 0 Å². The Bertz CT molecular complexity index is 495. The van der Waals surface area contributed by atoms with E-state index in [9.17, 15) is 0 Å². The molecule has 0 amide bonds. The Kier molecular flexibility index (Phi) is 3.08. The molecule has 3 heteroatoms. The molecule has 0 aliphatic heterocycles. The Balaban J connectivity index is 2.50. The van der Waals surface area contributed by atoms with Crippen LogP contribution in [0.1, 0.15) is 11.1 Å². The molecule has 0 unspecified atom stereocenters. The summed E-state index contributed by atoms with van der Waals surface area (Å²) < 4.78 is 0. The highest BCUT2D eigenvalue weighted by Crippen LogP contribution is 2.29. The maximum absolute atomic E-state index is 6.44. The highest BCUT2D eigenvalue weighted by molar-refractivity contribution is 5.50. The molecule has 3 nitrogen and oxygen atoms in total. The number of rotatable bonds is 3. The number of nitrogen functional groups attached to an aromatic ring is 2. The van der Waals surface area contributed by atoms with E-state index >= 15 is 0 Å². The van der Waals surface area contributed by atoms with Crippen LogP contribution in [0.4, 0.5) is 11.4 Å². The van der Waals surface area contributed by atoms with Crippen LogP contribution < -0.4 is 17.2 Å². The summed E-state index contributed by atoms with van der Waals surface area (Å²) in [5.74, 6) is 0. The fourth-order valence-corrected chi connectivity index (χ4v) is 1.92. The fourth-order valence-electron chi connectivity index (χ4n) is 1.92. The summed E-state index contributed by atoms with van der Waals surface area (Å²) in [7, 11) is 0. The van der Waals surface area contributed by atoms with Crippen LogP contribution >= 0.6 is 0 Å². The topological polar surface area (TPSA) is 78.1 Å². The first-order chi connectivity index (χ1) is 8.56. The Hall–Kier alpha value is -2.26. The van der Waals surface area contributed by atoms with E-state index in [-0.39, 0.29) is 0 Å². The minimum atomic E-state index is -0.735. The summed E-state index contributed by atoms with van der Waals surface area (Å²) in [5.41, 5.74) is 20.4. The molecule has 0 saturated carbocycles. The third kappa shape index (κ3) is 2.08. The molecule has 18 heavy (non-hydrogen) atoms. The van der Waals surface area contributed by atoms with Gasteiger partial charge in [-0.2, -0.15) is 0 Å². The fraction of sp³-hybridized carbons (Fsp3) is 0.0667. The van der Waals surface area contributed by atoms with Crippen molar-refractivity contribution >= 4 is 11.4 Å². The molecule has 0 fully saturated rings. The Morgan fingerprint density at radius 1 is 0.778 bits per heavy atom. The predicted octanol–water partition coefficient (Wildman–Crippen LogP) is 2.24. The van der Waals surface area contributed by atoms with Crippen LogP contribution in [0.3, 0.4) is 0 Å². The zero-order chi connectivity index (χ0) is 13.2. The third-order valence-corrected chi connectivity index (χ3v) is 3.10. The molecule has 2 aromatic carbocycles. The molecule has 0 atom stereocenters. The lowest BCUT2D eigenvalue weighted by Crippen LogP contribution is -2.35. The van der Waals surface area contributed by atoms with Crippen molar-refractivity contribution in [3.8, 4) is 0 Å². The number of anilines is 2. The van der Waals surface area contributed by atoms with Crippen molar-refractivity contribution in [2.75, 3.05) is 11.5 Å². The van der Waals surface area contributed by atoms with Gasteiger partial charge in [-0.15, -0.1) is 6.58 Å². The molecule has 2 rings (SSSR count). The van der Waals surface area contributed by atoms with Crippen molar-refractivity contribution in [1.82, 2.24) is 0 Å². The second-order valence-corrected chi connectivity index (χ2v) is 4.32. The van der Waals surface area contributed by atoms with Crippen molar-refractivity contribution < 1.29 is 0 Å². The number of benzene rings is 2. The largest absolute Gasteiger partial charge is 0.399 e. The Morgan fingerprint density at radius 2 is 1.11 bits per heavy atom. The number of hydrogen-bond donors (Lipinski definition) is 3. The van der Waals surface area contributed by atoms with Crippen molar-refractivity contribution in [2.24, 2.45) is 5.73 Å². The van der Waals surface area contributed by atoms with Gasteiger partial charge in [-0.05, 0) is 35.4 Å². The van der Waals surface area contributed by atoms with Crippen molar-refractivity contribution in [1.29, 1.82) is 0 Å². The quantitative estimate of drug-likeness (QED) is 0.567. The van der Waals surface area contributed by atoms with Crippen LogP contribution in [0.15, 0.2) is 61.2 Å². The average molecular weight is 239 g/mol. The van der Waals surface area contributed by atoms with Crippen LogP contribution in [0, 0.1) is 0 Å². The molecule has 2 aromatic rings. The molecule has 0 heterocycles. The SMILES string of the molecule is C=CC(N)(c1ccc(N)cc1)c1ccc(N)cc1. The second kappa shape index (κ2) is 4.55. The van der Waals surface area contributed by atoms with Crippen LogP contribution in [-0.2, 0) is 5.54 Å². The highest BCUT2D eigenvalue weighted by Gasteiger charge is 2.25. The van der Waals surface area contributed by atoms with Gasteiger partial charge in [0.2, 0.25) is 0 Å². The van der Waals surface area contributed by atoms with E-state index in [0.29, 0.717) is 11.4 Å². The molecule has 0 aliphatic rings. The van der Waals surface area contributed by atoms with Gasteiger partial charge in [-0.1, -0.05) is 30.3 Å². The first-order valence-electron chi connectivity index (χ1n) is 5.71. The van der Waals surface area contributed by atoms with Crippen LogP contribution in [0.5, 0.6) is 0 Å². The molecule has 0 aliphatic carbocycles. The van der Waals surface area contributed by atoms with Gasteiger partial charge in [0.15, 0.2) is 0 Å². The lowest BCUT2D eigenvalue weighted by Gasteiger charge is -2.27. The molecular weight excluding hydrogens is 222 g/mol. The van der Waals surface area contributed by atoms with E-state index < -0.39 is 5.54 Å². The van der Waals surface area contributed by atoms with Gasteiger partial charge in [-0.3, -0.25) is 0 Å². The molecule has 0 saturated heterocycles. The van der Waals surface area contributed by atoms with E-state index in [1.54, 1.807) is 6.08 Å². The van der Waals surface area contributed by atoms with Gasteiger partial charge in [0.25, 0.3) is 0 Å². The molecule has 0 radical (unpaired) electrons. The van der Waals surface area contributed by atoms with Crippen LogP contribution in [0.2, 0.25) is 0 Å². The summed E-state index contributed by atoms with van der Waals surface area (Å²) in [5, 5.41) is 0. The maximum Gasteiger partial charge on any atom is 0.0850 e. The first-order valence-corrected chi connectivity index (χ1v) is 5.71. The van der Waals surface area contributed by atoms with Gasteiger partial charge in [-0.25, -0.2) is 0 Å². The van der Waals surface area contributed by atoms with Gasteiger partial charge in [0.05, 0.1) is 5.54 Å². The molecule has 92 valence electrons. The Labute approximate surface area is 107 Å². The average Bonchev–Trinajstić information content (AvgIpc) is 2.39. The van der Waals surface area contributed by atoms with E-state index in [1.807, 2.05) is 48.5 Å². The maximum atomic E-state index is 6.44. The zero-order valence-electron chi connectivity index (χ0n) is 10.1. The molecule has 0 bridgehead atoms. The van der Waals surface area contributed by atoms with Crippen LogP contribution in [-0.4, -0.2) is 0 Å². The lowest BCUT2D eigenvalue weighted by atomic mass is 9.84. The number of hydrogen-bond acceptors (Lipinski definition) is 3. The van der Waals surface area contributed by atoms with Gasteiger partial charge in [0, 0.05) is 11.4 Å². The van der Waals surface area contributed by atoms with E-state index in [2.05, 4.69) is 6.58 Å². The zero-order valence-corrected chi connectivity index (χ0v) is 10.1. The minimum absolute atomic E-state index is 0.711. The minimum Gasteiger partial charge on any atom is -0.399 e. The standard InChI is InChI=1S/C15H17N3/c1-2-15(18,11-3-7-13(16)8-4-11)12-5-9-14(17)10-6-12/h2-10H,1,16-18H2. The summed E-state index contributed by atoms with van der Waals surface area (Å²) in [6, 6.07) is 15.0. The summed E-state index contributed by atoms with van der Waals surface area (Å²) >= 11 is 0. The third-order valence-electron chi connectivity index (χ3n) is 3.10. The van der Waals surface area contributed by atoms with Crippen molar-refractivity contribution in [2.45, 2.75) is 5.54 Å². The predicted molar refractivity (Wildman–Crippen MR) is 76.9 cm³/mol. The van der Waals surface area contributed by atoms with E-state index in [4.69, 9.17) is 17.2 Å². The smallest absolute Gasteiger partial charge is 0.0850 e. The lowest BCUT2D eigenvalue weighted by molar-refractivity contribution is 0.684. The Morgan fingerprint density at radius 3 is 1.39 bits per heavy atom. The summed E-state index contributed by atoms with van der Waals surface area (Å²) in [6.45, 7) is 3.84. The summed E-state index contributed by atoms with van der Waals surface area (Å²) in [6.07, 6.45) is 1.73. The first kappa shape index (κ1) is 12.2. The molecule has 6 N–H and O–H groups in total. The van der Waals surface area contributed by atoms with Crippen molar-refractivity contribution in [3.05, 3.63) is 72.3 Å². The number of nitrogens with two attached hydrogens (primary N) is 3. The normalized spacial score (nSPS) is 11.2. The monoisotopic (exact) mass is 239 g/mol.